The summed E-state index contributed by atoms with van der Waals surface area (Å²) in [7, 11) is 0. The van der Waals surface area contributed by atoms with Gasteiger partial charge < -0.3 is 25.8 Å². The van der Waals surface area contributed by atoms with Crippen molar-refractivity contribution in [2.45, 2.75) is 65.1 Å². The molecule has 3 fully saturated rings. The molecule has 2 aromatic carbocycles. The summed E-state index contributed by atoms with van der Waals surface area (Å²) in [6, 6.07) is 20.3. The standard InChI is InChI=1S/C45H54N12O3/c1-30(2)57-29-35(26-49-57)43(59)48-25-34-5-4-33(24-31(34)3)39-14-17-46-45(52-39)51-36-6-9-38(10-7-36)55-22-20-54(21-23-55)28-32-15-18-56(19-16-32)41-12-8-37(27-47-41)50-40-11-13-42(58)53-44(40)60/h4-10,12,14,17,24,26-27,29-30,32,40,50H,11,13,15-16,18-23,25,28H2,1-3H3,(H,48,59)(H,46,51,52)(H,53,58,60). The maximum absolute atomic E-state index is 12.7. The van der Waals surface area contributed by atoms with Crippen LogP contribution in [0.3, 0.4) is 0 Å². The molecule has 6 heterocycles. The first kappa shape index (κ1) is 40.4. The molecule has 4 N–H and O–H groups in total. The normalized spacial score (nSPS) is 17.8. The summed E-state index contributed by atoms with van der Waals surface area (Å²) >= 11 is 0. The number of piperazine rings is 1. The van der Waals surface area contributed by atoms with Crippen LogP contribution in [0.25, 0.3) is 11.3 Å². The summed E-state index contributed by atoms with van der Waals surface area (Å²) in [5, 5.41) is 16.3. The molecule has 0 bridgehead atoms. The van der Waals surface area contributed by atoms with E-state index in [0.717, 1.165) is 98.2 Å². The van der Waals surface area contributed by atoms with Crippen molar-refractivity contribution in [3.8, 4) is 11.3 Å². The van der Waals surface area contributed by atoms with E-state index in [1.165, 1.54) is 5.69 Å². The van der Waals surface area contributed by atoms with Crippen LogP contribution in [0, 0.1) is 12.8 Å². The van der Waals surface area contributed by atoms with E-state index in [2.05, 4.69) is 81.4 Å². The van der Waals surface area contributed by atoms with E-state index in [9.17, 15) is 14.4 Å². The molecule has 1 atom stereocenters. The molecule has 3 aliphatic rings. The number of nitrogens with one attached hydrogen (secondary N) is 4. The quantitative estimate of drug-likeness (QED) is 0.110. The molecule has 1 unspecified atom stereocenters. The van der Waals surface area contributed by atoms with Gasteiger partial charge in [0.1, 0.15) is 11.9 Å². The minimum Gasteiger partial charge on any atom is -0.372 e. The van der Waals surface area contributed by atoms with Gasteiger partial charge in [-0.15, -0.1) is 0 Å². The molecule has 312 valence electrons. The Morgan fingerprint density at radius 3 is 2.35 bits per heavy atom. The SMILES string of the molecule is Cc1cc(-c2ccnc(Nc3ccc(N4CCN(CC5CCN(c6ccc(NC7CCC(=O)NC7=O)cn6)CC5)CC4)cc3)n2)ccc1CNC(=O)c1cnn(C(C)C)c1. The number of imide groups is 1. The Kier molecular flexibility index (Phi) is 12.3. The van der Waals surface area contributed by atoms with E-state index < -0.39 is 6.04 Å². The highest BCUT2D eigenvalue weighted by Crippen LogP contribution is 2.27. The lowest BCUT2D eigenvalue weighted by atomic mass is 9.96. The van der Waals surface area contributed by atoms with Gasteiger partial charge in [0.05, 0.1) is 29.3 Å². The zero-order valence-electron chi connectivity index (χ0n) is 34.6. The fraction of sp³-hybridized carbons (Fsp3) is 0.400. The van der Waals surface area contributed by atoms with Crippen molar-refractivity contribution in [2.24, 2.45) is 5.92 Å². The fourth-order valence-corrected chi connectivity index (χ4v) is 8.12. The van der Waals surface area contributed by atoms with Crippen molar-refractivity contribution in [1.29, 1.82) is 0 Å². The number of rotatable bonds is 13. The lowest BCUT2D eigenvalue weighted by Gasteiger charge is -2.40. The number of nitrogens with zero attached hydrogens (tertiary/aromatic N) is 8. The maximum Gasteiger partial charge on any atom is 0.254 e. The zero-order chi connectivity index (χ0) is 41.6. The van der Waals surface area contributed by atoms with E-state index in [0.29, 0.717) is 36.8 Å². The van der Waals surface area contributed by atoms with Crippen molar-refractivity contribution in [1.82, 2.24) is 40.3 Å². The van der Waals surface area contributed by atoms with Crippen LogP contribution in [0.1, 0.15) is 67.1 Å². The van der Waals surface area contributed by atoms with Gasteiger partial charge >= 0.3 is 0 Å². The van der Waals surface area contributed by atoms with Gasteiger partial charge in [0.15, 0.2) is 0 Å². The molecule has 0 aliphatic carbocycles. The summed E-state index contributed by atoms with van der Waals surface area (Å²) in [5.41, 5.74) is 7.38. The monoisotopic (exact) mass is 810 g/mol. The molecule has 3 aliphatic heterocycles. The largest absolute Gasteiger partial charge is 0.372 e. The highest BCUT2D eigenvalue weighted by molar-refractivity contribution is 6.01. The number of carbonyl (C=O) groups is 3. The van der Waals surface area contributed by atoms with Gasteiger partial charge in [0, 0.05) is 94.2 Å². The van der Waals surface area contributed by atoms with Gasteiger partial charge in [-0.3, -0.25) is 29.3 Å². The first-order valence-electron chi connectivity index (χ1n) is 21.0. The number of benzene rings is 2. The molecule has 0 radical (unpaired) electrons. The second-order valence-electron chi connectivity index (χ2n) is 16.3. The van der Waals surface area contributed by atoms with Crippen LogP contribution in [-0.4, -0.2) is 99.2 Å². The molecule has 8 rings (SSSR count). The smallest absolute Gasteiger partial charge is 0.254 e. The number of hydrogen-bond acceptors (Lipinski definition) is 12. The van der Waals surface area contributed by atoms with Crippen LogP contribution in [0.5, 0.6) is 0 Å². The number of pyridine rings is 1. The number of anilines is 5. The third-order valence-corrected chi connectivity index (χ3v) is 11.8. The topological polar surface area (TPSA) is 166 Å². The Hall–Kier alpha value is -6.35. The summed E-state index contributed by atoms with van der Waals surface area (Å²) in [6.07, 6.45) is 10.0. The van der Waals surface area contributed by atoms with Crippen LogP contribution in [0.15, 0.2) is 85.5 Å². The van der Waals surface area contributed by atoms with E-state index in [1.807, 2.05) is 51.1 Å². The molecule has 3 amide bonds. The Morgan fingerprint density at radius 1 is 0.867 bits per heavy atom. The average molecular weight is 811 g/mol. The zero-order valence-corrected chi connectivity index (χ0v) is 34.6. The number of aryl methyl sites for hydroxylation is 1. The molecule has 3 aromatic heterocycles. The molecule has 15 heteroatoms. The Bertz CT molecular complexity index is 2280. The van der Waals surface area contributed by atoms with E-state index >= 15 is 0 Å². The van der Waals surface area contributed by atoms with Gasteiger partial charge in [0.2, 0.25) is 17.8 Å². The lowest BCUT2D eigenvalue weighted by Crippen LogP contribution is -2.49. The second kappa shape index (κ2) is 18.3. The molecule has 60 heavy (non-hydrogen) atoms. The van der Waals surface area contributed by atoms with Gasteiger partial charge in [0.25, 0.3) is 5.91 Å². The van der Waals surface area contributed by atoms with E-state index in [-0.39, 0.29) is 23.8 Å². The highest BCUT2D eigenvalue weighted by atomic mass is 16.2. The van der Waals surface area contributed by atoms with Crippen LogP contribution in [0.4, 0.5) is 28.8 Å². The van der Waals surface area contributed by atoms with E-state index in [4.69, 9.17) is 4.98 Å². The summed E-state index contributed by atoms with van der Waals surface area (Å²) in [4.78, 5) is 57.6. The Labute approximate surface area is 351 Å². The predicted molar refractivity (Wildman–Crippen MR) is 233 cm³/mol. The molecule has 15 nitrogen and oxygen atoms in total. The van der Waals surface area contributed by atoms with Crippen LogP contribution in [-0.2, 0) is 16.1 Å². The number of aromatic nitrogens is 5. The minimum atomic E-state index is -0.410. The molecular weight excluding hydrogens is 757 g/mol. The van der Waals surface area contributed by atoms with Crippen molar-refractivity contribution >= 4 is 46.5 Å². The third-order valence-electron chi connectivity index (χ3n) is 11.8. The van der Waals surface area contributed by atoms with Crippen LogP contribution in [0.2, 0.25) is 0 Å². The molecule has 5 aromatic rings. The van der Waals surface area contributed by atoms with Crippen molar-refractivity contribution in [3.05, 3.63) is 102 Å². The minimum absolute atomic E-state index is 0.143. The maximum atomic E-state index is 12.7. The van der Waals surface area contributed by atoms with Crippen LogP contribution >= 0.6 is 0 Å². The highest BCUT2D eigenvalue weighted by Gasteiger charge is 2.27. The number of piperidine rings is 2. The molecular formula is C45H54N12O3. The van der Waals surface area contributed by atoms with Crippen molar-refractivity contribution < 1.29 is 14.4 Å². The molecule has 0 saturated carbocycles. The Balaban J connectivity index is 0.763. The predicted octanol–water partition coefficient (Wildman–Crippen LogP) is 5.55. The van der Waals surface area contributed by atoms with Crippen molar-refractivity contribution in [3.63, 3.8) is 0 Å². The van der Waals surface area contributed by atoms with Gasteiger partial charge in [-0.2, -0.15) is 5.10 Å². The molecule has 3 saturated heterocycles. The van der Waals surface area contributed by atoms with Crippen LogP contribution < -0.4 is 31.1 Å². The first-order valence-corrected chi connectivity index (χ1v) is 21.0. The van der Waals surface area contributed by atoms with Gasteiger partial charge in [-0.1, -0.05) is 12.1 Å². The average Bonchev–Trinajstić information content (AvgIpc) is 3.77. The van der Waals surface area contributed by atoms with Gasteiger partial charge in [-0.25, -0.2) is 15.0 Å². The fourth-order valence-electron chi connectivity index (χ4n) is 8.12. The summed E-state index contributed by atoms with van der Waals surface area (Å²) < 4.78 is 1.78. The number of carbonyl (C=O) groups excluding carboxylic acids is 3. The third kappa shape index (κ3) is 9.91. The second-order valence-corrected chi connectivity index (χ2v) is 16.3. The number of hydrogen-bond donors (Lipinski definition) is 4. The summed E-state index contributed by atoms with van der Waals surface area (Å²) in [6.45, 7) is 13.7. The van der Waals surface area contributed by atoms with Gasteiger partial charge in [-0.05, 0) is 106 Å². The Morgan fingerprint density at radius 2 is 1.65 bits per heavy atom. The van der Waals surface area contributed by atoms with Crippen molar-refractivity contribution in [2.75, 3.05) is 66.2 Å². The van der Waals surface area contributed by atoms with E-state index in [1.54, 1.807) is 29.5 Å². The summed E-state index contributed by atoms with van der Waals surface area (Å²) in [5.74, 6) is 1.53. The molecule has 0 spiro atoms. The first-order chi connectivity index (χ1) is 29.1. The number of amides is 3. The lowest BCUT2D eigenvalue weighted by molar-refractivity contribution is -0.133.